The Morgan fingerprint density at radius 1 is 1.14 bits per heavy atom. The van der Waals surface area contributed by atoms with Crippen molar-refractivity contribution in [2.24, 2.45) is 0 Å². The minimum atomic E-state index is -0.460. The van der Waals surface area contributed by atoms with E-state index in [0.717, 1.165) is 33.8 Å². The SMILES string of the molecule is CC[NH+](CC(=O)Nc1c([N+](=O)[O-])ccc(C)c1C)Cc1ccc(N(C)C)cc1. The van der Waals surface area contributed by atoms with E-state index in [1.807, 2.05) is 32.8 Å². The highest BCUT2D eigenvalue weighted by Gasteiger charge is 2.21. The molecule has 2 aromatic carbocycles. The molecule has 28 heavy (non-hydrogen) atoms. The zero-order valence-electron chi connectivity index (χ0n) is 17.2. The summed E-state index contributed by atoms with van der Waals surface area (Å²) in [6.45, 7) is 7.42. The van der Waals surface area contributed by atoms with Crippen LogP contribution in [-0.2, 0) is 11.3 Å². The van der Waals surface area contributed by atoms with Crippen LogP contribution >= 0.6 is 0 Å². The van der Waals surface area contributed by atoms with E-state index in [-0.39, 0.29) is 18.1 Å². The van der Waals surface area contributed by atoms with Crippen molar-refractivity contribution in [2.45, 2.75) is 27.3 Å². The molecule has 0 aromatic heterocycles. The van der Waals surface area contributed by atoms with E-state index < -0.39 is 4.92 Å². The first kappa shape index (κ1) is 21.4. The van der Waals surface area contributed by atoms with Crippen molar-refractivity contribution in [3.05, 3.63) is 63.2 Å². The van der Waals surface area contributed by atoms with Crippen LogP contribution in [0.15, 0.2) is 36.4 Å². The highest BCUT2D eigenvalue weighted by molar-refractivity contribution is 5.95. The normalized spacial score (nSPS) is 11.8. The largest absolute Gasteiger partial charge is 0.378 e. The summed E-state index contributed by atoms with van der Waals surface area (Å²) >= 11 is 0. The minimum absolute atomic E-state index is 0.0752. The fraction of sp³-hybridized carbons (Fsp3) is 0.381. The number of carbonyl (C=O) groups excluding carboxylic acids is 1. The number of hydrogen-bond donors (Lipinski definition) is 2. The number of aryl methyl sites for hydroxylation is 1. The maximum absolute atomic E-state index is 12.6. The van der Waals surface area contributed by atoms with Gasteiger partial charge in [-0.05, 0) is 44.0 Å². The third-order valence-electron chi connectivity index (χ3n) is 4.99. The lowest BCUT2D eigenvalue weighted by molar-refractivity contribution is -0.903. The third kappa shape index (κ3) is 5.29. The molecule has 0 saturated heterocycles. The Kier molecular flexibility index (Phi) is 7.12. The molecule has 0 fully saturated rings. The van der Waals surface area contributed by atoms with E-state index in [4.69, 9.17) is 0 Å². The zero-order valence-corrected chi connectivity index (χ0v) is 17.2. The van der Waals surface area contributed by atoms with E-state index in [9.17, 15) is 14.9 Å². The van der Waals surface area contributed by atoms with Crippen molar-refractivity contribution in [3.8, 4) is 0 Å². The number of amides is 1. The molecule has 0 saturated carbocycles. The molecule has 1 unspecified atom stereocenters. The van der Waals surface area contributed by atoms with Gasteiger partial charge in [-0.3, -0.25) is 14.9 Å². The second-order valence-corrected chi connectivity index (χ2v) is 7.22. The molecule has 0 spiro atoms. The molecule has 7 nitrogen and oxygen atoms in total. The lowest BCUT2D eigenvalue weighted by Gasteiger charge is -2.19. The quantitative estimate of drug-likeness (QED) is 0.540. The van der Waals surface area contributed by atoms with Crippen molar-refractivity contribution >= 4 is 23.0 Å². The summed E-state index contributed by atoms with van der Waals surface area (Å²) in [5.41, 5.74) is 4.12. The van der Waals surface area contributed by atoms with Crippen LogP contribution in [0.1, 0.15) is 23.6 Å². The van der Waals surface area contributed by atoms with E-state index in [1.54, 1.807) is 13.0 Å². The first-order valence-electron chi connectivity index (χ1n) is 9.37. The summed E-state index contributed by atoms with van der Waals surface area (Å²) < 4.78 is 0. The summed E-state index contributed by atoms with van der Waals surface area (Å²) in [5.74, 6) is -0.224. The van der Waals surface area contributed by atoms with Crippen LogP contribution in [0, 0.1) is 24.0 Å². The molecule has 0 bridgehead atoms. The van der Waals surface area contributed by atoms with Crippen LogP contribution in [0.5, 0.6) is 0 Å². The first-order chi connectivity index (χ1) is 13.2. The molecule has 150 valence electrons. The monoisotopic (exact) mass is 385 g/mol. The van der Waals surface area contributed by atoms with Gasteiger partial charge in [0.1, 0.15) is 12.2 Å². The average Bonchev–Trinajstić information content (AvgIpc) is 2.65. The number of nitro groups is 1. The Hall–Kier alpha value is -2.93. The van der Waals surface area contributed by atoms with Crippen LogP contribution in [-0.4, -0.2) is 38.0 Å². The van der Waals surface area contributed by atoms with E-state index in [2.05, 4.69) is 29.6 Å². The van der Waals surface area contributed by atoms with Crippen LogP contribution < -0.4 is 15.1 Å². The maximum Gasteiger partial charge on any atom is 0.293 e. The fourth-order valence-electron chi connectivity index (χ4n) is 3.04. The van der Waals surface area contributed by atoms with Crippen molar-refractivity contribution in [2.75, 3.05) is 37.4 Å². The van der Waals surface area contributed by atoms with Crippen LogP contribution in [0.2, 0.25) is 0 Å². The highest BCUT2D eigenvalue weighted by Crippen LogP contribution is 2.29. The molecular formula is C21H29N4O3+. The second kappa shape index (κ2) is 9.32. The number of likely N-dealkylation sites (N-methyl/N-ethyl adjacent to an activating group) is 1. The number of nitro benzene ring substituents is 1. The number of quaternary nitrogens is 1. The number of benzene rings is 2. The minimum Gasteiger partial charge on any atom is -0.378 e. The molecule has 0 radical (unpaired) electrons. The van der Waals surface area contributed by atoms with Gasteiger partial charge in [-0.15, -0.1) is 0 Å². The molecule has 0 aliphatic carbocycles. The van der Waals surface area contributed by atoms with E-state index >= 15 is 0 Å². The smallest absolute Gasteiger partial charge is 0.293 e. The van der Waals surface area contributed by atoms with Gasteiger partial charge in [0.2, 0.25) is 0 Å². The van der Waals surface area contributed by atoms with Crippen LogP contribution in [0.4, 0.5) is 17.1 Å². The molecule has 1 amide bonds. The summed E-state index contributed by atoms with van der Waals surface area (Å²) in [6.07, 6.45) is 0. The van der Waals surface area contributed by atoms with Gasteiger partial charge in [0, 0.05) is 31.4 Å². The maximum atomic E-state index is 12.6. The molecule has 2 N–H and O–H groups in total. The van der Waals surface area contributed by atoms with Gasteiger partial charge in [0.15, 0.2) is 6.54 Å². The molecule has 1 atom stereocenters. The Balaban J connectivity index is 2.09. The highest BCUT2D eigenvalue weighted by atomic mass is 16.6. The van der Waals surface area contributed by atoms with Gasteiger partial charge >= 0.3 is 0 Å². The van der Waals surface area contributed by atoms with Gasteiger partial charge < -0.3 is 15.1 Å². The standard InChI is InChI=1S/C21H28N4O3/c1-6-24(13-17-8-10-18(11-9-17)23(4)5)14-20(26)22-21-16(3)15(2)7-12-19(21)25(27)28/h7-12H,6,13-14H2,1-5H3,(H,22,26)/p+1. The predicted octanol–water partition coefficient (Wildman–Crippen LogP) is 2.32. The molecule has 0 aliphatic heterocycles. The van der Waals surface area contributed by atoms with Crippen molar-refractivity contribution in [1.82, 2.24) is 0 Å². The number of anilines is 2. The molecule has 2 aromatic rings. The Labute approximate surface area is 166 Å². The van der Waals surface area contributed by atoms with E-state index in [0.29, 0.717) is 12.2 Å². The Morgan fingerprint density at radius 3 is 2.32 bits per heavy atom. The molecule has 0 heterocycles. The van der Waals surface area contributed by atoms with Gasteiger partial charge in [0.25, 0.3) is 11.6 Å². The number of carbonyl (C=O) groups is 1. The molecular weight excluding hydrogens is 356 g/mol. The number of hydrogen-bond acceptors (Lipinski definition) is 4. The van der Waals surface area contributed by atoms with Gasteiger partial charge in [-0.25, -0.2) is 0 Å². The number of rotatable bonds is 8. The third-order valence-corrected chi connectivity index (χ3v) is 4.99. The number of nitrogens with one attached hydrogen (secondary N) is 2. The Morgan fingerprint density at radius 2 is 1.79 bits per heavy atom. The second-order valence-electron chi connectivity index (χ2n) is 7.22. The first-order valence-corrected chi connectivity index (χ1v) is 9.37. The summed E-state index contributed by atoms with van der Waals surface area (Å²) in [6, 6.07) is 11.4. The molecule has 0 aliphatic rings. The summed E-state index contributed by atoms with van der Waals surface area (Å²) in [4.78, 5) is 26.6. The fourth-order valence-corrected chi connectivity index (χ4v) is 3.04. The van der Waals surface area contributed by atoms with Gasteiger partial charge in [0.05, 0.1) is 11.5 Å². The summed E-state index contributed by atoms with van der Waals surface area (Å²) in [7, 11) is 3.99. The van der Waals surface area contributed by atoms with E-state index in [1.165, 1.54) is 6.07 Å². The summed E-state index contributed by atoms with van der Waals surface area (Å²) in [5, 5.41) is 14.1. The van der Waals surface area contributed by atoms with Crippen LogP contribution in [0.25, 0.3) is 0 Å². The van der Waals surface area contributed by atoms with Crippen molar-refractivity contribution in [3.63, 3.8) is 0 Å². The topological polar surface area (TPSA) is 79.9 Å². The van der Waals surface area contributed by atoms with Crippen molar-refractivity contribution < 1.29 is 14.6 Å². The molecule has 2 rings (SSSR count). The lowest BCUT2D eigenvalue weighted by Crippen LogP contribution is -3.11. The number of nitrogens with zero attached hydrogens (tertiary/aromatic N) is 2. The average molecular weight is 385 g/mol. The van der Waals surface area contributed by atoms with Gasteiger partial charge in [-0.1, -0.05) is 18.2 Å². The van der Waals surface area contributed by atoms with Crippen molar-refractivity contribution in [1.29, 1.82) is 0 Å². The molecule has 7 heteroatoms. The van der Waals surface area contributed by atoms with Gasteiger partial charge in [-0.2, -0.15) is 0 Å². The predicted molar refractivity (Wildman–Crippen MR) is 112 cm³/mol. The zero-order chi connectivity index (χ0) is 20.8. The Bertz CT molecular complexity index is 847. The lowest BCUT2D eigenvalue weighted by atomic mass is 10.1. The van der Waals surface area contributed by atoms with Crippen LogP contribution in [0.3, 0.4) is 0 Å².